The number of ether oxygens (including phenoxy) is 2. The maximum Gasteiger partial charge on any atom is 0.243 e. The first kappa shape index (κ1) is 20.6. The summed E-state index contributed by atoms with van der Waals surface area (Å²) in [7, 11) is -1.96. The van der Waals surface area contributed by atoms with Crippen LogP contribution in [0, 0.1) is 0 Å². The zero-order chi connectivity index (χ0) is 21.1. The van der Waals surface area contributed by atoms with Gasteiger partial charge in [0.25, 0.3) is 0 Å². The van der Waals surface area contributed by atoms with Crippen molar-refractivity contribution in [2.45, 2.75) is 30.6 Å². The zero-order valence-corrected chi connectivity index (χ0v) is 18.1. The van der Waals surface area contributed by atoms with Gasteiger partial charge in [0.2, 0.25) is 10.0 Å². The molecule has 0 unspecified atom stereocenters. The van der Waals surface area contributed by atoms with Crippen molar-refractivity contribution in [2.24, 2.45) is 0 Å². The number of para-hydroxylation sites is 1. The van der Waals surface area contributed by atoms with Crippen LogP contribution >= 0.6 is 0 Å². The van der Waals surface area contributed by atoms with Crippen LogP contribution in [0.15, 0.2) is 59.6 Å². The molecule has 6 nitrogen and oxygen atoms in total. The van der Waals surface area contributed by atoms with Gasteiger partial charge in [-0.25, -0.2) is 8.42 Å². The maximum absolute atomic E-state index is 13.5. The molecule has 1 fully saturated rings. The highest BCUT2D eigenvalue weighted by molar-refractivity contribution is 7.89. The quantitative estimate of drug-likeness (QED) is 0.591. The summed E-state index contributed by atoms with van der Waals surface area (Å²) >= 11 is 0. The number of piperidine rings is 1. The van der Waals surface area contributed by atoms with Crippen LogP contribution in [0.2, 0.25) is 0 Å². The first-order valence-corrected chi connectivity index (χ1v) is 11.6. The Balaban J connectivity index is 1.61. The summed E-state index contributed by atoms with van der Waals surface area (Å²) in [4.78, 5) is 4.65. The Morgan fingerprint density at radius 1 is 1.03 bits per heavy atom. The van der Waals surface area contributed by atoms with Crippen molar-refractivity contribution in [3.05, 3.63) is 60.3 Å². The summed E-state index contributed by atoms with van der Waals surface area (Å²) in [6.45, 7) is 3.33. The summed E-state index contributed by atoms with van der Waals surface area (Å²) in [6.07, 6.45) is 3.17. The summed E-state index contributed by atoms with van der Waals surface area (Å²) in [6, 6.07) is 14.9. The minimum absolute atomic E-state index is 0.282. The molecule has 3 aromatic rings. The van der Waals surface area contributed by atoms with Gasteiger partial charge >= 0.3 is 0 Å². The molecule has 0 atom stereocenters. The first-order chi connectivity index (χ1) is 14.6. The summed E-state index contributed by atoms with van der Waals surface area (Å²) < 4.78 is 39.6. The molecule has 158 valence electrons. The van der Waals surface area contributed by atoms with Crippen LogP contribution in [0.4, 0.5) is 0 Å². The van der Waals surface area contributed by atoms with Gasteiger partial charge in [0, 0.05) is 24.7 Å². The standard InChI is InChI=1S/C23H26N2O4S/c1-3-29-21-10-11-22(19-8-6-14-24-23(19)21)30(26,27)25-15-12-17(13-16-25)18-7-4-5-9-20(18)28-2/h4-11,14,17H,3,12-13,15-16H2,1-2H3. The van der Waals surface area contributed by atoms with E-state index >= 15 is 0 Å². The van der Waals surface area contributed by atoms with Crippen molar-refractivity contribution in [1.82, 2.24) is 9.29 Å². The van der Waals surface area contributed by atoms with Gasteiger partial charge in [-0.2, -0.15) is 4.31 Å². The molecule has 1 saturated heterocycles. The Morgan fingerprint density at radius 3 is 2.53 bits per heavy atom. The van der Waals surface area contributed by atoms with Crippen LogP contribution in [0.25, 0.3) is 10.9 Å². The predicted molar refractivity (Wildman–Crippen MR) is 117 cm³/mol. The Morgan fingerprint density at radius 2 is 1.80 bits per heavy atom. The number of nitrogens with zero attached hydrogens (tertiary/aromatic N) is 2. The van der Waals surface area contributed by atoms with Crippen LogP contribution in [-0.4, -0.2) is 44.5 Å². The molecule has 0 amide bonds. The van der Waals surface area contributed by atoms with Crippen LogP contribution in [0.1, 0.15) is 31.2 Å². The van der Waals surface area contributed by atoms with Gasteiger partial charge in [0.05, 0.1) is 18.6 Å². The lowest BCUT2D eigenvalue weighted by Crippen LogP contribution is -2.38. The van der Waals surface area contributed by atoms with Crippen molar-refractivity contribution in [1.29, 1.82) is 0 Å². The molecule has 2 aromatic carbocycles. The average molecular weight is 427 g/mol. The van der Waals surface area contributed by atoms with E-state index in [4.69, 9.17) is 9.47 Å². The van der Waals surface area contributed by atoms with E-state index in [-0.39, 0.29) is 10.8 Å². The molecular weight excluding hydrogens is 400 g/mol. The molecule has 0 aliphatic carbocycles. The molecule has 1 aliphatic heterocycles. The van der Waals surface area contributed by atoms with Crippen LogP contribution in [0.5, 0.6) is 11.5 Å². The topological polar surface area (TPSA) is 68.7 Å². The van der Waals surface area contributed by atoms with E-state index in [2.05, 4.69) is 11.1 Å². The van der Waals surface area contributed by atoms with Crippen LogP contribution in [-0.2, 0) is 10.0 Å². The fraction of sp³-hybridized carbons (Fsp3) is 0.348. The van der Waals surface area contributed by atoms with Crippen molar-refractivity contribution >= 4 is 20.9 Å². The monoisotopic (exact) mass is 426 g/mol. The van der Waals surface area contributed by atoms with Gasteiger partial charge in [-0.05, 0) is 61.6 Å². The Hall–Kier alpha value is -2.64. The number of sulfonamides is 1. The average Bonchev–Trinajstić information content (AvgIpc) is 2.79. The van der Waals surface area contributed by atoms with Gasteiger partial charge in [-0.1, -0.05) is 18.2 Å². The van der Waals surface area contributed by atoms with E-state index in [1.54, 1.807) is 41.9 Å². The fourth-order valence-electron chi connectivity index (χ4n) is 4.17. The normalized spacial score (nSPS) is 15.9. The largest absolute Gasteiger partial charge is 0.496 e. The second-order valence-corrected chi connectivity index (χ2v) is 9.22. The van der Waals surface area contributed by atoms with E-state index in [9.17, 15) is 8.42 Å². The smallest absolute Gasteiger partial charge is 0.243 e. The third kappa shape index (κ3) is 3.75. The van der Waals surface area contributed by atoms with E-state index < -0.39 is 10.0 Å². The minimum Gasteiger partial charge on any atom is -0.496 e. The lowest BCUT2D eigenvalue weighted by atomic mass is 9.89. The molecule has 0 bridgehead atoms. The number of hydrogen-bond acceptors (Lipinski definition) is 5. The number of rotatable bonds is 6. The zero-order valence-electron chi connectivity index (χ0n) is 17.2. The number of fused-ring (bicyclic) bond motifs is 1. The minimum atomic E-state index is -3.64. The Labute approximate surface area is 177 Å². The first-order valence-electron chi connectivity index (χ1n) is 10.2. The van der Waals surface area contributed by atoms with Crippen LogP contribution in [0.3, 0.4) is 0 Å². The highest BCUT2D eigenvalue weighted by Gasteiger charge is 2.32. The molecule has 4 rings (SSSR count). The predicted octanol–water partition coefficient (Wildman–Crippen LogP) is 4.21. The second-order valence-electron chi connectivity index (χ2n) is 7.31. The molecule has 0 saturated carbocycles. The Bertz CT molecular complexity index is 1140. The highest BCUT2D eigenvalue weighted by atomic mass is 32.2. The van der Waals surface area contributed by atoms with Crippen LogP contribution < -0.4 is 9.47 Å². The van der Waals surface area contributed by atoms with Crippen molar-refractivity contribution < 1.29 is 17.9 Å². The molecular formula is C23H26N2O4S. The molecule has 30 heavy (non-hydrogen) atoms. The molecule has 2 heterocycles. The number of pyridine rings is 1. The van der Waals surface area contributed by atoms with E-state index in [0.29, 0.717) is 36.3 Å². The molecule has 0 radical (unpaired) electrons. The highest BCUT2D eigenvalue weighted by Crippen LogP contribution is 2.37. The summed E-state index contributed by atoms with van der Waals surface area (Å²) in [5.74, 6) is 1.75. The molecule has 1 aliphatic rings. The van der Waals surface area contributed by atoms with Gasteiger partial charge in [0.15, 0.2) is 0 Å². The van der Waals surface area contributed by atoms with E-state index in [0.717, 1.165) is 24.2 Å². The number of methoxy groups -OCH3 is 1. The second kappa shape index (κ2) is 8.62. The fourth-order valence-corrected chi connectivity index (χ4v) is 5.82. The molecule has 7 heteroatoms. The van der Waals surface area contributed by atoms with Gasteiger partial charge < -0.3 is 9.47 Å². The number of hydrogen-bond donors (Lipinski definition) is 0. The lowest BCUT2D eigenvalue weighted by Gasteiger charge is -2.32. The third-order valence-corrected chi connectivity index (χ3v) is 7.60. The third-order valence-electron chi connectivity index (χ3n) is 5.64. The van der Waals surface area contributed by atoms with Gasteiger partial charge in [0.1, 0.15) is 17.0 Å². The molecule has 1 aromatic heterocycles. The number of aromatic nitrogens is 1. The SMILES string of the molecule is CCOc1ccc(S(=O)(=O)N2CCC(c3ccccc3OC)CC2)c2cccnc12. The molecule has 0 spiro atoms. The number of benzene rings is 2. The lowest BCUT2D eigenvalue weighted by molar-refractivity contribution is 0.313. The van der Waals surface area contributed by atoms with E-state index in [1.807, 2.05) is 25.1 Å². The van der Waals surface area contributed by atoms with Gasteiger partial charge in [-0.3, -0.25) is 4.98 Å². The van der Waals surface area contributed by atoms with Gasteiger partial charge in [-0.15, -0.1) is 0 Å². The molecule has 0 N–H and O–H groups in total. The van der Waals surface area contributed by atoms with Crippen molar-refractivity contribution in [2.75, 3.05) is 26.8 Å². The van der Waals surface area contributed by atoms with E-state index in [1.165, 1.54) is 0 Å². The van der Waals surface area contributed by atoms with Crippen molar-refractivity contribution in [3.8, 4) is 11.5 Å². The van der Waals surface area contributed by atoms with Crippen molar-refractivity contribution in [3.63, 3.8) is 0 Å². The Kier molecular flexibility index (Phi) is 5.92. The summed E-state index contributed by atoms with van der Waals surface area (Å²) in [5, 5.41) is 0.593. The maximum atomic E-state index is 13.5. The summed E-state index contributed by atoms with van der Waals surface area (Å²) in [5.41, 5.74) is 1.72.